The monoisotopic (exact) mass is 379 g/mol. The minimum Gasteiger partial charge on any atom is -0.378 e. The van der Waals surface area contributed by atoms with Gasteiger partial charge in [0.1, 0.15) is 6.04 Å². The predicted molar refractivity (Wildman–Crippen MR) is 105 cm³/mol. The number of nitrogens with zero attached hydrogens (tertiary/aromatic N) is 2. The van der Waals surface area contributed by atoms with Crippen LogP contribution in [0.4, 0.5) is 11.4 Å². The first-order chi connectivity index (χ1) is 13.6. The van der Waals surface area contributed by atoms with E-state index in [1.807, 2.05) is 24.3 Å². The van der Waals surface area contributed by atoms with Crippen molar-refractivity contribution in [2.24, 2.45) is 0 Å². The van der Waals surface area contributed by atoms with E-state index in [9.17, 15) is 14.4 Å². The summed E-state index contributed by atoms with van der Waals surface area (Å²) >= 11 is 0. The maximum absolute atomic E-state index is 12.6. The molecule has 0 spiro atoms. The number of hydrogen-bond donors (Lipinski definition) is 1. The summed E-state index contributed by atoms with van der Waals surface area (Å²) in [6.45, 7) is 4.64. The van der Waals surface area contributed by atoms with Crippen LogP contribution in [-0.2, 0) is 9.53 Å². The fourth-order valence-corrected chi connectivity index (χ4v) is 3.50. The summed E-state index contributed by atoms with van der Waals surface area (Å²) in [5.41, 5.74) is 2.35. The second kappa shape index (κ2) is 7.44. The van der Waals surface area contributed by atoms with Crippen LogP contribution in [0.5, 0.6) is 0 Å². The number of amides is 3. The molecule has 0 aromatic heterocycles. The topological polar surface area (TPSA) is 79.0 Å². The van der Waals surface area contributed by atoms with Gasteiger partial charge in [-0.05, 0) is 43.3 Å². The molecule has 7 heteroatoms. The second-order valence-electron chi connectivity index (χ2n) is 6.84. The van der Waals surface area contributed by atoms with Crippen LogP contribution in [-0.4, -0.2) is 55.0 Å². The van der Waals surface area contributed by atoms with E-state index in [0.717, 1.165) is 23.7 Å². The van der Waals surface area contributed by atoms with Gasteiger partial charge < -0.3 is 15.0 Å². The van der Waals surface area contributed by atoms with Crippen molar-refractivity contribution >= 4 is 29.1 Å². The first-order valence-electron chi connectivity index (χ1n) is 9.27. The van der Waals surface area contributed by atoms with E-state index in [4.69, 9.17) is 4.74 Å². The molecule has 3 amide bonds. The highest BCUT2D eigenvalue weighted by Gasteiger charge is 2.40. The van der Waals surface area contributed by atoms with E-state index < -0.39 is 23.8 Å². The maximum Gasteiger partial charge on any atom is 0.262 e. The molecule has 0 bridgehead atoms. The molecule has 2 aliphatic heterocycles. The summed E-state index contributed by atoms with van der Waals surface area (Å²) in [5.74, 6) is -1.29. The van der Waals surface area contributed by atoms with Gasteiger partial charge in [0.2, 0.25) is 5.91 Å². The first kappa shape index (κ1) is 18.2. The van der Waals surface area contributed by atoms with Gasteiger partial charge in [-0.25, -0.2) is 0 Å². The Bertz CT molecular complexity index is 885. The quantitative estimate of drug-likeness (QED) is 0.824. The van der Waals surface area contributed by atoms with E-state index in [2.05, 4.69) is 10.2 Å². The van der Waals surface area contributed by atoms with Gasteiger partial charge in [-0.1, -0.05) is 12.1 Å². The summed E-state index contributed by atoms with van der Waals surface area (Å²) < 4.78 is 5.35. The smallest absolute Gasteiger partial charge is 0.262 e. The van der Waals surface area contributed by atoms with Gasteiger partial charge in [-0.2, -0.15) is 0 Å². The Balaban J connectivity index is 1.44. The van der Waals surface area contributed by atoms with Gasteiger partial charge in [-0.3, -0.25) is 19.3 Å². The van der Waals surface area contributed by atoms with Crippen LogP contribution >= 0.6 is 0 Å². The number of morpholine rings is 1. The van der Waals surface area contributed by atoms with E-state index in [-0.39, 0.29) is 0 Å². The van der Waals surface area contributed by atoms with Crippen LogP contribution in [0.1, 0.15) is 27.6 Å². The van der Waals surface area contributed by atoms with Crippen molar-refractivity contribution in [2.45, 2.75) is 13.0 Å². The largest absolute Gasteiger partial charge is 0.378 e. The zero-order chi connectivity index (χ0) is 19.7. The zero-order valence-corrected chi connectivity index (χ0v) is 15.6. The van der Waals surface area contributed by atoms with Crippen molar-refractivity contribution in [1.29, 1.82) is 0 Å². The SMILES string of the molecule is C[C@H](C(=O)Nc1ccc(N2CCOCC2)cc1)N1C(=O)c2ccccc2C1=O. The molecule has 0 saturated carbocycles. The number of fused-ring (bicyclic) bond motifs is 1. The van der Waals surface area contributed by atoms with Crippen LogP contribution in [0.15, 0.2) is 48.5 Å². The van der Waals surface area contributed by atoms with Crippen molar-refractivity contribution in [3.05, 3.63) is 59.7 Å². The van der Waals surface area contributed by atoms with Gasteiger partial charge in [-0.15, -0.1) is 0 Å². The molecule has 28 heavy (non-hydrogen) atoms. The molecular weight excluding hydrogens is 358 g/mol. The number of carbonyl (C=O) groups is 3. The Hall–Kier alpha value is -3.19. The van der Waals surface area contributed by atoms with E-state index in [1.165, 1.54) is 0 Å². The van der Waals surface area contributed by atoms with Crippen LogP contribution in [0.2, 0.25) is 0 Å². The van der Waals surface area contributed by atoms with E-state index >= 15 is 0 Å². The number of rotatable bonds is 4. The molecule has 1 atom stereocenters. The third kappa shape index (κ3) is 3.25. The van der Waals surface area contributed by atoms with Crippen LogP contribution in [0.25, 0.3) is 0 Å². The highest BCUT2D eigenvalue weighted by molar-refractivity contribution is 6.23. The molecule has 7 nitrogen and oxygen atoms in total. The number of hydrogen-bond acceptors (Lipinski definition) is 5. The number of nitrogens with one attached hydrogen (secondary N) is 1. The van der Waals surface area contributed by atoms with Gasteiger partial charge in [0.25, 0.3) is 11.8 Å². The molecule has 0 unspecified atom stereocenters. The number of imide groups is 1. The highest BCUT2D eigenvalue weighted by Crippen LogP contribution is 2.25. The van der Waals surface area contributed by atoms with Gasteiger partial charge in [0.05, 0.1) is 24.3 Å². The van der Waals surface area contributed by atoms with E-state index in [1.54, 1.807) is 31.2 Å². The van der Waals surface area contributed by atoms with Crippen LogP contribution < -0.4 is 10.2 Å². The molecule has 1 saturated heterocycles. The van der Waals surface area contributed by atoms with Crippen molar-refractivity contribution in [3.63, 3.8) is 0 Å². The average molecular weight is 379 g/mol. The van der Waals surface area contributed by atoms with Gasteiger partial charge in [0, 0.05) is 24.5 Å². The molecule has 0 aliphatic carbocycles. The van der Waals surface area contributed by atoms with Crippen molar-refractivity contribution in [1.82, 2.24) is 4.90 Å². The van der Waals surface area contributed by atoms with Crippen molar-refractivity contribution in [2.75, 3.05) is 36.5 Å². The summed E-state index contributed by atoms with van der Waals surface area (Å²) in [6, 6.07) is 13.2. The minimum atomic E-state index is -0.911. The lowest BCUT2D eigenvalue weighted by atomic mass is 10.1. The minimum absolute atomic E-state index is 0.335. The Labute approximate surface area is 162 Å². The normalized spacial score (nSPS) is 17.5. The van der Waals surface area contributed by atoms with Gasteiger partial charge >= 0.3 is 0 Å². The van der Waals surface area contributed by atoms with Gasteiger partial charge in [0.15, 0.2) is 0 Å². The first-order valence-corrected chi connectivity index (χ1v) is 9.27. The lowest BCUT2D eigenvalue weighted by Gasteiger charge is -2.29. The molecule has 2 heterocycles. The van der Waals surface area contributed by atoms with Crippen molar-refractivity contribution in [3.8, 4) is 0 Å². The average Bonchev–Trinajstić information content (AvgIpc) is 2.99. The standard InChI is InChI=1S/C21H21N3O4/c1-14(24-20(26)17-4-2-3-5-18(17)21(24)27)19(25)22-15-6-8-16(9-7-15)23-10-12-28-13-11-23/h2-9,14H,10-13H2,1H3,(H,22,25)/t14-/m1/s1. The number of benzene rings is 2. The van der Waals surface area contributed by atoms with E-state index in [0.29, 0.717) is 30.0 Å². The third-order valence-corrected chi connectivity index (χ3v) is 5.10. The summed E-state index contributed by atoms with van der Waals surface area (Å²) in [6.07, 6.45) is 0. The number of anilines is 2. The fourth-order valence-electron chi connectivity index (χ4n) is 3.50. The Morgan fingerprint density at radius 2 is 1.54 bits per heavy atom. The number of carbonyl (C=O) groups excluding carboxylic acids is 3. The molecular formula is C21H21N3O4. The lowest BCUT2D eigenvalue weighted by Crippen LogP contribution is -2.45. The molecule has 0 radical (unpaired) electrons. The predicted octanol–water partition coefficient (Wildman–Crippen LogP) is 2.15. The summed E-state index contributed by atoms with van der Waals surface area (Å²) in [5, 5.41) is 2.79. The molecule has 144 valence electrons. The number of ether oxygens (including phenoxy) is 1. The maximum atomic E-state index is 12.6. The van der Waals surface area contributed by atoms with Crippen molar-refractivity contribution < 1.29 is 19.1 Å². The second-order valence-corrected chi connectivity index (χ2v) is 6.84. The summed E-state index contributed by atoms with van der Waals surface area (Å²) in [4.78, 5) is 40.9. The van der Waals surface area contributed by atoms with Crippen LogP contribution in [0.3, 0.4) is 0 Å². The molecule has 2 aliphatic rings. The Kier molecular flexibility index (Phi) is 4.83. The third-order valence-electron chi connectivity index (χ3n) is 5.10. The zero-order valence-electron chi connectivity index (χ0n) is 15.6. The Morgan fingerprint density at radius 3 is 2.11 bits per heavy atom. The van der Waals surface area contributed by atoms with Crippen LogP contribution in [0, 0.1) is 0 Å². The lowest BCUT2D eigenvalue weighted by molar-refractivity contribution is -0.119. The fraction of sp³-hybridized carbons (Fsp3) is 0.286. The summed E-state index contributed by atoms with van der Waals surface area (Å²) in [7, 11) is 0. The molecule has 1 fully saturated rings. The molecule has 1 N–H and O–H groups in total. The highest BCUT2D eigenvalue weighted by atomic mass is 16.5. The molecule has 4 rings (SSSR count). The Morgan fingerprint density at radius 1 is 0.964 bits per heavy atom. The molecule has 2 aromatic carbocycles. The molecule has 2 aromatic rings.